The number of anilines is 1. The van der Waals surface area contributed by atoms with Crippen molar-refractivity contribution in [1.82, 2.24) is 15.6 Å². The van der Waals surface area contributed by atoms with Crippen molar-refractivity contribution in [3.63, 3.8) is 0 Å². The predicted molar refractivity (Wildman–Crippen MR) is 112 cm³/mol. The fraction of sp³-hybridized carbons (Fsp3) is 0.250. The van der Waals surface area contributed by atoms with Gasteiger partial charge in [-0.2, -0.15) is 0 Å². The van der Waals surface area contributed by atoms with Crippen LogP contribution in [0.4, 0.5) is 5.69 Å². The van der Waals surface area contributed by atoms with Gasteiger partial charge in [0.2, 0.25) is 5.91 Å². The van der Waals surface area contributed by atoms with E-state index in [1.165, 1.54) is 6.92 Å². The lowest BCUT2D eigenvalue weighted by molar-refractivity contribution is -0.119. The number of halogens is 1. The van der Waals surface area contributed by atoms with Crippen LogP contribution in [0.25, 0.3) is 11.6 Å². The first-order valence-corrected chi connectivity index (χ1v) is 9.62. The van der Waals surface area contributed by atoms with Crippen LogP contribution in [0.5, 0.6) is 0 Å². The maximum absolute atomic E-state index is 12.5. The molecule has 1 aliphatic heterocycles. The summed E-state index contributed by atoms with van der Waals surface area (Å²) in [5.41, 5.74) is 4.85. The Morgan fingerprint density at radius 1 is 1.18 bits per heavy atom. The van der Waals surface area contributed by atoms with Crippen LogP contribution in [0.1, 0.15) is 39.8 Å². The highest BCUT2D eigenvalue weighted by atomic mass is 79.9. The van der Waals surface area contributed by atoms with Crippen molar-refractivity contribution in [1.29, 1.82) is 0 Å². The Kier molecular flexibility index (Phi) is 5.69. The van der Waals surface area contributed by atoms with Gasteiger partial charge in [0, 0.05) is 47.1 Å². The number of aromatic amines is 1. The van der Waals surface area contributed by atoms with Crippen LogP contribution in [-0.4, -0.2) is 35.8 Å². The summed E-state index contributed by atoms with van der Waals surface area (Å²) in [7, 11) is 0. The lowest BCUT2D eigenvalue weighted by atomic mass is 10.0. The van der Waals surface area contributed by atoms with Gasteiger partial charge in [0.15, 0.2) is 0 Å². The number of carbonyl (C=O) groups is 3. The Hall–Kier alpha value is -2.87. The zero-order chi connectivity index (χ0) is 20.4. The maximum Gasteiger partial charge on any atom is 0.256 e. The number of hydrogen-bond acceptors (Lipinski definition) is 3. The number of H-pyrrole nitrogens is 1. The van der Waals surface area contributed by atoms with Gasteiger partial charge in [-0.1, -0.05) is 15.9 Å². The topological polar surface area (TPSA) is 103 Å². The molecule has 8 heteroatoms. The molecule has 0 saturated heterocycles. The number of hydrogen-bond donors (Lipinski definition) is 4. The minimum absolute atomic E-state index is 0.140. The van der Waals surface area contributed by atoms with E-state index in [2.05, 4.69) is 36.9 Å². The second-order valence-electron chi connectivity index (χ2n) is 6.60. The van der Waals surface area contributed by atoms with E-state index >= 15 is 0 Å². The number of benzene rings is 1. The summed E-state index contributed by atoms with van der Waals surface area (Å²) in [4.78, 5) is 39.0. The summed E-state index contributed by atoms with van der Waals surface area (Å²) in [5.74, 6) is -0.541. The van der Waals surface area contributed by atoms with Gasteiger partial charge in [0.1, 0.15) is 0 Å². The highest BCUT2D eigenvalue weighted by Gasteiger charge is 2.25. The van der Waals surface area contributed by atoms with Crippen molar-refractivity contribution >= 4 is 51.0 Å². The number of rotatable bonds is 5. The van der Waals surface area contributed by atoms with E-state index < -0.39 is 0 Å². The Bertz CT molecular complexity index is 1010. The standard InChI is InChI=1S/C20H21BrN4O3/c1-10-17(9-15-14-8-13(21)4-5-16(14)25-19(15)27)24-11(2)18(10)20(28)23-7-6-22-12(3)26/h4-5,8-9,24H,6-7H2,1-3H3,(H,22,26)(H,23,28)(H,25,27). The Morgan fingerprint density at radius 3 is 2.61 bits per heavy atom. The molecule has 1 aromatic carbocycles. The fourth-order valence-corrected chi connectivity index (χ4v) is 3.57. The molecule has 28 heavy (non-hydrogen) atoms. The van der Waals surface area contributed by atoms with E-state index in [4.69, 9.17) is 0 Å². The minimum atomic E-state index is -0.222. The Morgan fingerprint density at radius 2 is 1.89 bits per heavy atom. The Labute approximate surface area is 171 Å². The molecule has 0 saturated carbocycles. The molecule has 3 rings (SSSR count). The number of nitrogens with one attached hydrogen (secondary N) is 4. The van der Waals surface area contributed by atoms with Gasteiger partial charge in [-0.25, -0.2) is 0 Å². The molecule has 1 aromatic heterocycles. The molecule has 4 N–H and O–H groups in total. The van der Waals surface area contributed by atoms with E-state index in [-0.39, 0.29) is 17.7 Å². The maximum atomic E-state index is 12.5. The van der Waals surface area contributed by atoms with Crippen LogP contribution < -0.4 is 16.0 Å². The van der Waals surface area contributed by atoms with E-state index in [0.717, 1.165) is 21.3 Å². The average molecular weight is 445 g/mol. The number of carbonyl (C=O) groups excluding carboxylic acids is 3. The number of amides is 3. The van der Waals surface area contributed by atoms with Crippen LogP contribution in [0, 0.1) is 13.8 Å². The summed E-state index contributed by atoms with van der Waals surface area (Å²) in [6.07, 6.45) is 1.77. The lowest BCUT2D eigenvalue weighted by Gasteiger charge is -2.06. The molecule has 146 valence electrons. The summed E-state index contributed by atoms with van der Waals surface area (Å²) < 4.78 is 0.882. The van der Waals surface area contributed by atoms with E-state index in [9.17, 15) is 14.4 Å². The van der Waals surface area contributed by atoms with Crippen LogP contribution in [0.2, 0.25) is 0 Å². The third kappa shape index (κ3) is 4.01. The van der Waals surface area contributed by atoms with Gasteiger partial charge >= 0.3 is 0 Å². The monoisotopic (exact) mass is 444 g/mol. The molecular weight excluding hydrogens is 424 g/mol. The minimum Gasteiger partial charge on any atom is -0.358 e. The van der Waals surface area contributed by atoms with Crippen molar-refractivity contribution in [2.75, 3.05) is 18.4 Å². The molecule has 0 fully saturated rings. The first-order valence-electron chi connectivity index (χ1n) is 8.82. The largest absolute Gasteiger partial charge is 0.358 e. The van der Waals surface area contributed by atoms with Gasteiger partial charge in [-0.05, 0) is 43.7 Å². The van der Waals surface area contributed by atoms with Gasteiger partial charge < -0.3 is 20.9 Å². The highest BCUT2D eigenvalue weighted by molar-refractivity contribution is 9.10. The fourth-order valence-electron chi connectivity index (χ4n) is 3.21. The van der Waals surface area contributed by atoms with Crippen LogP contribution in [0.3, 0.4) is 0 Å². The first-order chi connectivity index (χ1) is 13.3. The smallest absolute Gasteiger partial charge is 0.256 e. The summed E-state index contributed by atoms with van der Waals surface area (Å²) >= 11 is 3.43. The molecular formula is C20H21BrN4O3. The molecule has 0 spiro atoms. The van der Waals surface area contributed by atoms with E-state index in [1.54, 1.807) is 6.08 Å². The van der Waals surface area contributed by atoms with Crippen molar-refractivity contribution in [3.05, 3.63) is 50.8 Å². The predicted octanol–water partition coefficient (Wildman–Crippen LogP) is 2.75. The second kappa shape index (κ2) is 8.02. The number of aryl methyl sites for hydroxylation is 1. The SMILES string of the molecule is CC(=O)NCCNC(=O)c1c(C)[nH]c(C=C2C(=O)Nc3ccc(Br)cc32)c1C. The second-order valence-corrected chi connectivity index (χ2v) is 7.52. The van der Waals surface area contributed by atoms with Gasteiger partial charge in [-0.3, -0.25) is 14.4 Å². The van der Waals surface area contributed by atoms with Crippen molar-refractivity contribution in [2.24, 2.45) is 0 Å². The van der Waals surface area contributed by atoms with E-state index in [0.29, 0.717) is 35.6 Å². The Balaban J connectivity index is 1.86. The third-order valence-electron chi connectivity index (χ3n) is 4.54. The van der Waals surface area contributed by atoms with Crippen LogP contribution in [0.15, 0.2) is 22.7 Å². The molecule has 3 amide bonds. The quantitative estimate of drug-likeness (QED) is 0.420. The molecule has 2 heterocycles. The van der Waals surface area contributed by atoms with E-state index in [1.807, 2.05) is 32.0 Å². The molecule has 0 unspecified atom stereocenters. The molecule has 2 aromatic rings. The molecule has 1 aliphatic rings. The number of fused-ring (bicyclic) bond motifs is 1. The van der Waals surface area contributed by atoms with Gasteiger partial charge in [0.05, 0.1) is 11.1 Å². The summed E-state index contributed by atoms with van der Waals surface area (Å²) in [5, 5.41) is 8.28. The molecule has 7 nitrogen and oxygen atoms in total. The van der Waals surface area contributed by atoms with Crippen LogP contribution >= 0.6 is 15.9 Å². The molecule has 0 aliphatic carbocycles. The van der Waals surface area contributed by atoms with Gasteiger partial charge in [0.25, 0.3) is 11.8 Å². The van der Waals surface area contributed by atoms with Crippen molar-refractivity contribution in [3.8, 4) is 0 Å². The summed E-state index contributed by atoms with van der Waals surface area (Å²) in [6, 6.07) is 5.61. The average Bonchev–Trinajstić information content (AvgIpc) is 3.08. The summed E-state index contributed by atoms with van der Waals surface area (Å²) in [6.45, 7) is 5.79. The molecule has 0 radical (unpaired) electrons. The van der Waals surface area contributed by atoms with Crippen LogP contribution in [-0.2, 0) is 9.59 Å². The lowest BCUT2D eigenvalue weighted by Crippen LogP contribution is -2.34. The number of aromatic nitrogens is 1. The van der Waals surface area contributed by atoms with Crippen molar-refractivity contribution in [2.45, 2.75) is 20.8 Å². The highest BCUT2D eigenvalue weighted by Crippen LogP contribution is 2.35. The third-order valence-corrected chi connectivity index (χ3v) is 5.03. The zero-order valence-corrected chi connectivity index (χ0v) is 17.4. The molecule has 0 bridgehead atoms. The van der Waals surface area contributed by atoms with Crippen molar-refractivity contribution < 1.29 is 14.4 Å². The normalized spacial score (nSPS) is 14.0. The van der Waals surface area contributed by atoms with Gasteiger partial charge in [-0.15, -0.1) is 0 Å². The first kappa shape index (κ1) is 19.9. The molecule has 0 atom stereocenters. The zero-order valence-electron chi connectivity index (χ0n) is 15.8.